The molecule has 1 saturated carbocycles. The third-order valence-corrected chi connectivity index (χ3v) is 5.03. The molecule has 1 aliphatic carbocycles. The molecule has 1 N–H and O–H groups in total. The van der Waals surface area contributed by atoms with Gasteiger partial charge in [-0.1, -0.05) is 17.8 Å². The van der Waals surface area contributed by atoms with Gasteiger partial charge in [-0.05, 0) is 32.2 Å². The Morgan fingerprint density at radius 3 is 2.89 bits per heavy atom. The van der Waals surface area contributed by atoms with Gasteiger partial charge >= 0.3 is 0 Å². The Balaban J connectivity index is 1.60. The quantitative estimate of drug-likeness (QED) is 0.916. The number of aromatic nitrogens is 4. The fraction of sp³-hybridized carbons (Fsp3) is 0.750. The molecule has 1 saturated heterocycles. The Morgan fingerprint density at radius 1 is 1.22 bits per heavy atom. The van der Waals surface area contributed by atoms with E-state index in [0.29, 0.717) is 12.0 Å². The number of hydrogen-bond acceptors (Lipinski definition) is 5. The first-order valence-electron chi connectivity index (χ1n) is 6.84. The van der Waals surface area contributed by atoms with Gasteiger partial charge < -0.3 is 5.32 Å². The van der Waals surface area contributed by atoms with Crippen LogP contribution in [0.2, 0.25) is 0 Å². The molecular formula is C12H17N5S. The number of hydrogen-bond donors (Lipinski definition) is 1. The number of nitrogens with zero attached hydrogens (tertiary/aromatic N) is 4. The lowest BCUT2D eigenvalue weighted by atomic mass is 9.85. The van der Waals surface area contributed by atoms with Crippen LogP contribution in [0.1, 0.15) is 48.9 Å². The zero-order valence-corrected chi connectivity index (χ0v) is 11.1. The van der Waals surface area contributed by atoms with Crippen LogP contribution in [0.3, 0.4) is 0 Å². The fourth-order valence-corrected chi connectivity index (χ4v) is 3.74. The van der Waals surface area contributed by atoms with E-state index in [1.165, 1.54) is 37.1 Å². The molecule has 2 fully saturated rings. The lowest BCUT2D eigenvalue weighted by Gasteiger charge is -2.22. The Morgan fingerprint density at radius 2 is 2.17 bits per heavy atom. The van der Waals surface area contributed by atoms with Gasteiger partial charge in [0.05, 0.1) is 0 Å². The molecule has 2 aromatic heterocycles. The molecule has 0 radical (unpaired) electrons. The van der Waals surface area contributed by atoms with E-state index in [-0.39, 0.29) is 0 Å². The van der Waals surface area contributed by atoms with Crippen molar-refractivity contribution in [1.82, 2.24) is 25.1 Å². The first kappa shape index (κ1) is 10.9. The molecule has 0 spiro atoms. The largest absolute Gasteiger partial charge is 0.314 e. The molecule has 6 heteroatoms. The summed E-state index contributed by atoms with van der Waals surface area (Å²) in [5, 5.41) is 18.0. The predicted molar refractivity (Wildman–Crippen MR) is 70.0 cm³/mol. The first-order valence-corrected chi connectivity index (χ1v) is 7.66. The van der Waals surface area contributed by atoms with Gasteiger partial charge in [0.1, 0.15) is 5.01 Å². The van der Waals surface area contributed by atoms with Gasteiger partial charge in [0.25, 0.3) is 0 Å². The second-order valence-corrected chi connectivity index (χ2v) is 6.41. The monoisotopic (exact) mass is 263 g/mol. The van der Waals surface area contributed by atoms with Crippen LogP contribution >= 0.6 is 11.3 Å². The molecule has 5 nitrogen and oxygen atoms in total. The van der Waals surface area contributed by atoms with E-state index in [4.69, 9.17) is 5.10 Å². The average molecular weight is 263 g/mol. The summed E-state index contributed by atoms with van der Waals surface area (Å²) in [6.45, 7) is 1.15. The molecule has 1 unspecified atom stereocenters. The Labute approximate surface area is 110 Å². The third kappa shape index (κ3) is 1.75. The van der Waals surface area contributed by atoms with E-state index >= 15 is 0 Å². The molecule has 2 aliphatic rings. The Hall–Kier alpha value is -1.01. The van der Waals surface area contributed by atoms with Crippen molar-refractivity contribution in [3.05, 3.63) is 10.8 Å². The summed E-state index contributed by atoms with van der Waals surface area (Å²) in [5.41, 5.74) is 0. The van der Waals surface area contributed by atoms with E-state index in [0.717, 1.165) is 23.8 Å². The minimum Gasteiger partial charge on any atom is -0.314 e. The van der Waals surface area contributed by atoms with Gasteiger partial charge in [-0.15, -0.1) is 10.2 Å². The van der Waals surface area contributed by atoms with Crippen LogP contribution in [0.15, 0.2) is 0 Å². The summed E-state index contributed by atoms with van der Waals surface area (Å²) >= 11 is 1.70. The van der Waals surface area contributed by atoms with E-state index < -0.39 is 0 Å². The van der Waals surface area contributed by atoms with Gasteiger partial charge in [0.2, 0.25) is 4.96 Å². The molecule has 3 heterocycles. The number of fused-ring (bicyclic) bond motifs is 1. The molecule has 0 bridgehead atoms. The van der Waals surface area contributed by atoms with Crippen LogP contribution in [-0.2, 0) is 6.42 Å². The number of rotatable bonds is 3. The van der Waals surface area contributed by atoms with Crippen molar-refractivity contribution in [1.29, 1.82) is 0 Å². The van der Waals surface area contributed by atoms with Crippen molar-refractivity contribution < 1.29 is 0 Å². The third-order valence-electron chi connectivity index (χ3n) is 4.11. The molecule has 0 aromatic carbocycles. The zero-order valence-electron chi connectivity index (χ0n) is 10.3. The van der Waals surface area contributed by atoms with Gasteiger partial charge in [-0.3, -0.25) is 0 Å². The van der Waals surface area contributed by atoms with Gasteiger partial charge in [0, 0.05) is 18.4 Å². The highest BCUT2D eigenvalue weighted by molar-refractivity contribution is 7.16. The van der Waals surface area contributed by atoms with Crippen LogP contribution in [0.25, 0.3) is 4.96 Å². The smallest absolute Gasteiger partial charge is 0.234 e. The SMILES string of the molecule is C1CNC(Cc2nn3c(C4CCC4)nnc3s2)C1. The summed E-state index contributed by atoms with van der Waals surface area (Å²) in [7, 11) is 0. The van der Waals surface area contributed by atoms with Crippen molar-refractivity contribution in [2.45, 2.75) is 50.5 Å². The summed E-state index contributed by atoms with van der Waals surface area (Å²) in [6.07, 6.45) is 7.42. The van der Waals surface area contributed by atoms with Crippen molar-refractivity contribution >= 4 is 16.3 Å². The van der Waals surface area contributed by atoms with Crippen molar-refractivity contribution in [2.75, 3.05) is 6.54 Å². The molecule has 2 aromatic rings. The molecular weight excluding hydrogens is 246 g/mol. The van der Waals surface area contributed by atoms with Crippen molar-refractivity contribution in [2.24, 2.45) is 0 Å². The highest BCUT2D eigenvalue weighted by Gasteiger charge is 2.26. The summed E-state index contributed by atoms with van der Waals surface area (Å²) < 4.78 is 1.98. The maximum atomic E-state index is 4.71. The van der Waals surface area contributed by atoms with Crippen LogP contribution in [-0.4, -0.2) is 32.4 Å². The lowest BCUT2D eigenvalue weighted by Crippen LogP contribution is -2.23. The van der Waals surface area contributed by atoms with E-state index in [2.05, 4.69) is 15.5 Å². The zero-order chi connectivity index (χ0) is 11.9. The van der Waals surface area contributed by atoms with Crippen LogP contribution in [0, 0.1) is 0 Å². The van der Waals surface area contributed by atoms with Crippen LogP contribution in [0.5, 0.6) is 0 Å². The first-order chi connectivity index (χ1) is 8.90. The molecule has 96 valence electrons. The summed E-state index contributed by atoms with van der Waals surface area (Å²) in [4.78, 5) is 0.963. The van der Waals surface area contributed by atoms with E-state index in [9.17, 15) is 0 Å². The molecule has 0 amide bonds. The number of nitrogens with one attached hydrogen (secondary N) is 1. The normalized spacial score (nSPS) is 24.8. The highest BCUT2D eigenvalue weighted by atomic mass is 32.1. The highest BCUT2D eigenvalue weighted by Crippen LogP contribution is 2.35. The second kappa shape index (κ2) is 4.28. The van der Waals surface area contributed by atoms with Gasteiger partial charge in [0.15, 0.2) is 5.82 Å². The van der Waals surface area contributed by atoms with Crippen LogP contribution in [0.4, 0.5) is 0 Å². The van der Waals surface area contributed by atoms with E-state index in [1.807, 2.05) is 4.52 Å². The van der Waals surface area contributed by atoms with Crippen LogP contribution < -0.4 is 5.32 Å². The summed E-state index contributed by atoms with van der Waals surface area (Å²) in [5.74, 6) is 1.68. The minimum absolute atomic E-state index is 0.597. The lowest BCUT2D eigenvalue weighted by molar-refractivity contribution is 0.394. The van der Waals surface area contributed by atoms with Crippen molar-refractivity contribution in [3.8, 4) is 0 Å². The summed E-state index contributed by atoms with van der Waals surface area (Å²) in [6, 6.07) is 0.612. The van der Waals surface area contributed by atoms with Crippen molar-refractivity contribution in [3.63, 3.8) is 0 Å². The Bertz CT molecular complexity index is 550. The Kier molecular flexibility index (Phi) is 2.58. The van der Waals surface area contributed by atoms with Gasteiger partial charge in [-0.25, -0.2) is 0 Å². The maximum Gasteiger partial charge on any atom is 0.234 e. The predicted octanol–water partition coefficient (Wildman–Crippen LogP) is 1.75. The minimum atomic E-state index is 0.597. The van der Waals surface area contributed by atoms with E-state index in [1.54, 1.807) is 11.3 Å². The molecule has 18 heavy (non-hydrogen) atoms. The standard InChI is InChI=1S/C12H17N5S/c1-3-8(4-1)11-14-15-12-17(11)16-10(18-12)7-9-5-2-6-13-9/h8-9,13H,1-7H2. The fourth-order valence-electron chi connectivity index (χ4n) is 2.82. The van der Waals surface area contributed by atoms with Gasteiger partial charge in [-0.2, -0.15) is 9.61 Å². The second-order valence-electron chi connectivity index (χ2n) is 5.37. The molecule has 1 aliphatic heterocycles. The topological polar surface area (TPSA) is 55.1 Å². The molecule has 1 atom stereocenters. The molecule has 4 rings (SSSR count). The average Bonchev–Trinajstić information content (AvgIpc) is 2.95. The maximum absolute atomic E-state index is 4.71.